The van der Waals surface area contributed by atoms with Gasteiger partial charge in [0.25, 0.3) is 5.91 Å². The fraction of sp³-hybridized carbons (Fsp3) is 0.286. The fourth-order valence-corrected chi connectivity index (χ4v) is 2.28. The lowest BCUT2D eigenvalue weighted by Gasteiger charge is -2.06. The Kier molecular flexibility index (Phi) is 5.02. The highest BCUT2D eigenvalue weighted by Crippen LogP contribution is 2.37. The summed E-state index contributed by atoms with van der Waals surface area (Å²) in [5, 5.41) is 16.4. The third-order valence-electron chi connectivity index (χ3n) is 3.26. The molecule has 0 aliphatic rings. The molecule has 0 spiro atoms. The normalized spacial score (nSPS) is 11.4. The van der Waals surface area contributed by atoms with Crippen LogP contribution in [-0.4, -0.2) is 28.7 Å². The van der Waals surface area contributed by atoms with Crippen LogP contribution in [0.4, 0.5) is 18.9 Å². The van der Waals surface area contributed by atoms with Crippen molar-refractivity contribution in [2.24, 2.45) is 0 Å². The monoisotopic (exact) mass is 377 g/mol. The average molecular weight is 378 g/mol. The molecule has 25 heavy (non-hydrogen) atoms. The Bertz CT molecular complexity index is 849. The second-order valence-corrected chi connectivity index (χ2v) is 5.59. The Hall–Kier alpha value is -2.62. The number of benzene rings is 1. The Labute approximate surface area is 143 Å². The summed E-state index contributed by atoms with van der Waals surface area (Å²) in [6.07, 6.45) is -4.67. The number of aromatic nitrogens is 1. The highest BCUT2D eigenvalue weighted by Gasteiger charge is 2.35. The third kappa shape index (κ3) is 4.08. The summed E-state index contributed by atoms with van der Waals surface area (Å²) >= 11 is 6.00. The number of aryl methyl sites for hydroxylation is 2. The molecule has 0 saturated heterocycles. The number of hydrogen-bond acceptors (Lipinski definition) is 5. The molecule has 0 atom stereocenters. The second kappa shape index (κ2) is 6.71. The molecule has 1 aromatic carbocycles. The Morgan fingerprint density at radius 3 is 2.56 bits per heavy atom. The molecule has 1 heterocycles. The zero-order chi connectivity index (χ0) is 18.9. The predicted octanol–water partition coefficient (Wildman–Crippen LogP) is 3.81. The first-order chi connectivity index (χ1) is 11.5. The number of halogens is 4. The third-order valence-corrected chi connectivity index (χ3v) is 3.67. The van der Waals surface area contributed by atoms with Gasteiger partial charge in [-0.15, -0.1) is 0 Å². The quantitative estimate of drug-likeness (QED) is 0.645. The fourth-order valence-electron chi connectivity index (χ4n) is 2.12. The van der Waals surface area contributed by atoms with Crippen molar-refractivity contribution in [2.45, 2.75) is 20.0 Å². The first kappa shape index (κ1) is 18.7. The van der Waals surface area contributed by atoms with E-state index >= 15 is 0 Å². The zero-order valence-corrected chi connectivity index (χ0v) is 13.7. The van der Waals surface area contributed by atoms with Crippen LogP contribution in [0.15, 0.2) is 16.7 Å². The predicted molar refractivity (Wildman–Crippen MR) is 81.5 cm³/mol. The van der Waals surface area contributed by atoms with Gasteiger partial charge >= 0.3 is 11.9 Å². The molecule has 134 valence electrons. The summed E-state index contributed by atoms with van der Waals surface area (Å²) in [7, 11) is 0. The molecule has 0 bridgehead atoms. The molecular weight excluding hydrogens is 367 g/mol. The van der Waals surface area contributed by atoms with Gasteiger partial charge in [-0.1, -0.05) is 22.8 Å². The van der Waals surface area contributed by atoms with E-state index in [1.165, 1.54) is 11.4 Å². The standard InChI is InChI=1S/C14H11ClF3N3O4/c1-6-3-7(2)9(15)4-8(6)12-11(21(23)24)10(20-25-12)13(22)19-5-14(16,17)18/h3-4H,5H2,1-2H3,(H,19,22). The number of nitro groups is 1. The molecule has 2 aromatic rings. The van der Waals surface area contributed by atoms with Gasteiger partial charge < -0.3 is 9.84 Å². The van der Waals surface area contributed by atoms with Gasteiger partial charge in [0.1, 0.15) is 6.54 Å². The number of alkyl halides is 3. The lowest BCUT2D eigenvalue weighted by molar-refractivity contribution is -0.384. The van der Waals surface area contributed by atoms with Gasteiger partial charge in [0.05, 0.1) is 4.92 Å². The van der Waals surface area contributed by atoms with E-state index in [1.807, 2.05) is 0 Å². The summed E-state index contributed by atoms with van der Waals surface area (Å²) in [4.78, 5) is 22.2. The average Bonchev–Trinajstić information content (AvgIpc) is 2.92. The van der Waals surface area contributed by atoms with Gasteiger partial charge in [0.2, 0.25) is 11.5 Å². The van der Waals surface area contributed by atoms with Crippen LogP contribution in [0.1, 0.15) is 21.6 Å². The molecule has 2 rings (SSSR count). The van der Waals surface area contributed by atoms with Crippen molar-refractivity contribution < 1.29 is 27.4 Å². The van der Waals surface area contributed by atoms with Crippen molar-refractivity contribution in [3.63, 3.8) is 0 Å². The molecule has 0 unspecified atom stereocenters. The van der Waals surface area contributed by atoms with Crippen molar-refractivity contribution in [1.82, 2.24) is 10.5 Å². The largest absolute Gasteiger partial charge is 0.405 e. The van der Waals surface area contributed by atoms with E-state index in [-0.39, 0.29) is 11.3 Å². The molecule has 1 aromatic heterocycles. The van der Waals surface area contributed by atoms with Crippen LogP contribution >= 0.6 is 11.6 Å². The van der Waals surface area contributed by atoms with Crippen LogP contribution < -0.4 is 5.32 Å². The van der Waals surface area contributed by atoms with Crippen molar-refractivity contribution >= 4 is 23.2 Å². The van der Waals surface area contributed by atoms with Gasteiger partial charge in [0, 0.05) is 10.6 Å². The van der Waals surface area contributed by atoms with Crippen LogP contribution in [0.25, 0.3) is 11.3 Å². The molecule has 0 aliphatic carbocycles. The summed E-state index contributed by atoms with van der Waals surface area (Å²) in [6.45, 7) is 1.71. The van der Waals surface area contributed by atoms with Crippen molar-refractivity contribution in [3.8, 4) is 11.3 Å². The second-order valence-electron chi connectivity index (χ2n) is 5.18. The summed E-state index contributed by atoms with van der Waals surface area (Å²) in [5.74, 6) is -1.73. The summed E-state index contributed by atoms with van der Waals surface area (Å²) < 4.78 is 41.4. The first-order valence-electron chi connectivity index (χ1n) is 6.77. The Balaban J connectivity index is 2.49. The number of amides is 1. The number of carbonyl (C=O) groups is 1. The Morgan fingerprint density at radius 1 is 1.36 bits per heavy atom. The maximum atomic E-state index is 12.2. The molecular formula is C14H11ClF3N3O4. The van der Waals surface area contributed by atoms with Crippen molar-refractivity contribution in [1.29, 1.82) is 0 Å². The molecule has 0 saturated carbocycles. The van der Waals surface area contributed by atoms with Crippen LogP contribution in [-0.2, 0) is 0 Å². The SMILES string of the molecule is Cc1cc(C)c(-c2onc(C(=O)NCC(F)(F)F)c2[N+](=O)[O-])cc1Cl. The molecule has 7 nitrogen and oxygen atoms in total. The van der Waals surface area contributed by atoms with E-state index in [0.29, 0.717) is 16.1 Å². The van der Waals surface area contributed by atoms with Crippen LogP contribution in [0, 0.1) is 24.0 Å². The maximum absolute atomic E-state index is 12.2. The highest BCUT2D eigenvalue weighted by atomic mass is 35.5. The molecule has 1 amide bonds. The first-order valence-corrected chi connectivity index (χ1v) is 7.15. The number of rotatable bonds is 4. The van der Waals surface area contributed by atoms with Crippen molar-refractivity contribution in [2.75, 3.05) is 6.54 Å². The van der Waals surface area contributed by atoms with E-state index in [4.69, 9.17) is 16.1 Å². The van der Waals surface area contributed by atoms with Gasteiger partial charge in [-0.3, -0.25) is 14.9 Å². The summed E-state index contributed by atoms with van der Waals surface area (Å²) in [5.41, 5.74) is -0.190. The van der Waals surface area contributed by atoms with E-state index < -0.39 is 34.9 Å². The van der Waals surface area contributed by atoms with Gasteiger partial charge in [-0.2, -0.15) is 13.2 Å². The zero-order valence-electron chi connectivity index (χ0n) is 12.9. The number of carbonyl (C=O) groups excluding carboxylic acids is 1. The number of hydrogen-bond donors (Lipinski definition) is 1. The highest BCUT2D eigenvalue weighted by molar-refractivity contribution is 6.31. The number of nitrogens with zero attached hydrogens (tertiary/aromatic N) is 2. The minimum Gasteiger partial charge on any atom is -0.348 e. The van der Waals surface area contributed by atoms with E-state index in [0.717, 1.165) is 0 Å². The van der Waals surface area contributed by atoms with E-state index in [2.05, 4.69) is 5.16 Å². The van der Waals surface area contributed by atoms with Crippen LogP contribution in [0.2, 0.25) is 5.02 Å². The van der Waals surface area contributed by atoms with Crippen molar-refractivity contribution in [3.05, 3.63) is 44.1 Å². The van der Waals surface area contributed by atoms with Gasteiger partial charge in [0.15, 0.2) is 0 Å². The molecule has 11 heteroatoms. The lowest BCUT2D eigenvalue weighted by atomic mass is 10.0. The minimum atomic E-state index is -4.67. The van der Waals surface area contributed by atoms with Gasteiger partial charge in [-0.05, 0) is 31.0 Å². The van der Waals surface area contributed by atoms with Crippen LogP contribution in [0.5, 0.6) is 0 Å². The van der Waals surface area contributed by atoms with Gasteiger partial charge in [-0.25, -0.2) is 0 Å². The Morgan fingerprint density at radius 2 is 2.00 bits per heavy atom. The van der Waals surface area contributed by atoms with E-state index in [9.17, 15) is 28.1 Å². The number of nitrogens with one attached hydrogen (secondary N) is 1. The molecule has 0 aliphatic heterocycles. The van der Waals surface area contributed by atoms with Crippen LogP contribution in [0.3, 0.4) is 0 Å². The molecule has 0 fully saturated rings. The minimum absolute atomic E-state index is 0.213. The smallest absolute Gasteiger partial charge is 0.348 e. The summed E-state index contributed by atoms with van der Waals surface area (Å²) in [6, 6.07) is 3.05. The topological polar surface area (TPSA) is 98.3 Å². The van der Waals surface area contributed by atoms with E-state index in [1.54, 1.807) is 19.9 Å². The molecule has 0 radical (unpaired) electrons. The lowest BCUT2D eigenvalue weighted by Crippen LogP contribution is -2.34. The molecule has 1 N–H and O–H groups in total. The maximum Gasteiger partial charge on any atom is 0.405 e.